The summed E-state index contributed by atoms with van der Waals surface area (Å²) in [6.07, 6.45) is 2.04. The van der Waals surface area contributed by atoms with Crippen LogP contribution in [0.15, 0.2) is 8.68 Å². The van der Waals surface area contributed by atoms with Crippen molar-refractivity contribution in [1.82, 2.24) is 10.2 Å². The molecule has 0 amide bonds. The molecule has 2 nitrogen and oxygen atoms in total. The van der Waals surface area contributed by atoms with Crippen molar-refractivity contribution in [2.75, 3.05) is 12.0 Å². The minimum absolute atomic E-state index is 1.04. The van der Waals surface area contributed by atoms with Crippen molar-refractivity contribution < 1.29 is 0 Å². The molecule has 0 saturated carbocycles. The van der Waals surface area contributed by atoms with Crippen LogP contribution in [-0.4, -0.2) is 22.2 Å². The lowest BCUT2D eigenvalue weighted by Crippen LogP contribution is -1.68. The highest BCUT2D eigenvalue weighted by Crippen LogP contribution is 2.38. The van der Waals surface area contributed by atoms with Crippen molar-refractivity contribution in [1.29, 1.82) is 0 Å². The molecule has 68 valence electrons. The smallest absolute Gasteiger partial charge is 0.130 e. The molecule has 0 fully saturated rings. The first-order valence-corrected chi connectivity index (χ1v) is 8.89. The van der Waals surface area contributed by atoms with E-state index in [1.165, 1.54) is 0 Å². The summed E-state index contributed by atoms with van der Waals surface area (Å²) in [6.45, 7) is 2.14. The zero-order valence-corrected chi connectivity index (χ0v) is 10.7. The fraction of sp³-hybridized carbons (Fsp3) is 0.600. The molecule has 0 radical (unpaired) electrons. The van der Waals surface area contributed by atoms with Crippen molar-refractivity contribution in [3.63, 3.8) is 0 Å². The molecule has 12 heavy (non-hydrogen) atoms. The van der Waals surface area contributed by atoms with Crippen molar-refractivity contribution >= 4 is 54.5 Å². The molecule has 1 aromatic heterocycles. The summed E-state index contributed by atoms with van der Waals surface area (Å²) in [5.74, 6) is 1.11. The van der Waals surface area contributed by atoms with Gasteiger partial charge in [0.1, 0.15) is 0 Å². The molecule has 0 atom stereocenters. The number of rotatable bonds is 5. The van der Waals surface area contributed by atoms with E-state index in [0.29, 0.717) is 0 Å². The van der Waals surface area contributed by atoms with E-state index in [9.17, 15) is 0 Å². The third kappa shape index (κ3) is 3.78. The molecule has 0 aliphatic rings. The number of hydrogen-bond donors (Lipinski definition) is 0. The first kappa shape index (κ1) is 11.0. The van der Waals surface area contributed by atoms with Gasteiger partial charge in [0.15, 0.2) is 8.68 Å². The fourth-order valence-corrected chi connectivity index (χ4v) is 5.11. The summed E-state index contributed by atoms with van der Waals surface area (Å²) in [7, 11) is 6.88. The second-order valence-electron chi connectivity index (χ2n) is 1.57. The third-order valence-electron chi connectivity index (χ3n) is 0.791. The van der Waals surface area contributed by atoms with Gasteiger partial charge in [-0.3, -0.25) is 0 Å². The van der Waals surface area contributed by atoms with Crippen LogP contribution >= 0.6 is 54.5 Å². The van der Waals surface area contributed by atoms with Crippen LogP contribution in [0.25, 0.3) is 0 Å². The Morgan fingerprint density at radius 2 is 1.92 bits per heavy atom. The second-order valence-corrected chi connectivity index (χ2v) is 8.03. The molecule has 0 aliphatic carbocycles. The van der Waals surface area contributed by atoms with Gasteiger partial charge >= 0.3 is 0 Å². The van der Waals surface area contributed by atoms with Gasteiger partial charge < -0.3 is 0 Å². The van der Waals surface area contributed by atoms with Gasteiger partial charge in [-0.05, 0) is 27.8 Å². The molecule has 0 spiro atoms. The maximum atomic E-state index is 4.05. The Morgan fingerprint density at radius 3 is 2.50 bits per heavy atom. The van der Waals surface area contributed by atoms with E-state index < -0.39 is 0 Å². The van der Waals surface area contributed by atoms with Gasteiger partial charge in [-0.1, -0.05) is 39.8 Å². The molecular formula is C5H8N2S5. The molecule has 1 heterocycles. The van der Waals surface area contributed by atoms with Gasteiger partial charge in [-0.15, -0.1) is 10.2 Å². The highest BCUT2D eigenvalue weighted by molar-refractivity contribution is 8.77. The van der Waals surface area contributed by atoms with E-state index in [-0.39, 0.29) is 0 Å². The average Bonchev–Trinajstić information content (AvgIpc) is 2.50. The predicted molar refractivity (Wildman–Crippen MR) is 63.3 cm³/mol. The lowest BCUT2D eigenvalue weighted by molar-refractivity contribution is 0.959. The van der Waals surface area contributed by atoms with E-state index in [4.69, 9.17) is 0 Å². The van der Waals surface area contributed by atoms with E-state index in [0.717, 1.165) is 14.4 Å². The predicted octanol–water partition coefficient (Wildman–Crippen LogP) is 3.67. The minimum atomic E-state index is 1.04. The largest absolute Gasteiger partial charge is 0.185 e. The minimum Gasteiger partial charge on any atom is -0.130 e. The first-order chi connectivity index (χ1) is 5.86. The van der Waals surface area contributed by atoms with E-state index >= 15 is 0 Å². The lowest BCUT2D eigenvalue weighted by atomic mass is 11.0. The van der Waals surface area contributed by atoms with Crippen LogP contribution in [0, 0.1) is 0 Å². The Bertz CT molecular complexity index is 225. The van der Waals surface area contributed by atoms with Gasteiger partial charge in [0, 0.05) is 5.75 Å². The van der Waals surface area contributed by atoms with Gasteiger partial charge in [-0.2, -0.15) is 0 Å². The van der Waals surface area contributed by atoms with Crippen molar-refractivity contribution in [3.05, 3.63) is 0 Å². The maximum absolute atomic E-state index is 4.05. The summed E-state index contributed by atoms with van der Waals surface area (Å²) in [5.41, 5.74) is 0. The number of nitrogens with zero attached hydrogens (tertiary/aromatic N) is 2. The van der Waals surface area contributed by atoms with Crippen molar-refractivity contribution in [2.24, 2.45) is 0 Å². The van der Waals surface area contributed by atoms with Gasteiger partial charge in [-0.25, -0.2) is 0 Å². The van der Waals surface area contributed by atoms with E-state index in [1.54, 1.807) is 54.5 Å². The van der Waals surface area contributed by atoms with Crippen LogP contribution in [0.4, 0.5) is 0 Å². The Labute approximate surface area is 91.9 Å². The Morgan fingerprint density at radius 1 is 1.25 bits per heavy atom. The summed E-state index contributed by atoms with van der Waals surface area (Å²) < 4.78 is 2.10. The molecule has 0 saturated heterocycles. The SMILES string of the molecule is CCSSc1nnc(SSC)s1. The maximum Gasteiger partial charge on any atom is 0.185 e. The molecular weight excluding hydrogens is 248 g/mol. The topological polar surface area (TPSA) is 25.8 Å². The summed E-state index contributed by atoms with van der Waals surface area (Å²) >= 11 is 1.66. The van der Waals surface area contributed by atoms with Crippen LogP contribution in [0.1, 0.15) is 6.92 Å². The Kier molecular flexibility index (Phi) is 5.90. The van der Waals surface area contributed by atoms with Crippen LogP contribution in [-0.2, 0) is 0 Å². The first-order valence-electron chi connectivity index (χ1n) is 3.20. The molecule has 0 bridgehead atoms. The highest BCUT2D eigenvalue weighted by Gasteiger charge is 2.03. The van der Waals surface area contributed by atoms with Crippen LogP contribution in [0.3, 0.4) is 0 Å². The molecule has 1 aromatic rings. The molecule has 0 unspecified atom stereocenters. The molecule has 1 rings (SSSR count). The zero-order chi connectivity index (χ0) is 8.81. The summed E-state index contributed by atoms with van der Waals surface area (Å²) in [4.78, 5) is 0. The van der Waals surface area contributed by atoms with E-state index in [2.05, 4.69) is 17.1 Å². The number of hydrogen-bond acceptors (Lipinski definition) is 7. The molecule has 0 aliphatic heterocycles. The molecule has 7 heteroatoms. The Balaban J connectivity index is 2.41. The summed E-state index contributed by atoms with van der Waals surface area (Å²) in [5, 5.41) is 8.08. The van der Waals surface area contributed by atoms with Gasteiger partial charge in [0.25, 0.3) is 0 Å². The molecule has 0 N–H and O–H groups in total. The Hall–Kier alpha value is 0.960. The standard InChI is InChI=1S/C5H8N2S5/c1-3-9-12-5-7-6-4(10-5)11-8-2/h3H2,1-2H3. The lowest BCUT2D eigenvalue weighted by Gasteiger charge is -1.88. The zero-order valence-electron chi connectivity index (χ0n) is 6.64. The van der Waals surface area contributed by atoms with Crippen LogP contribution in [0.2, 0.25) is 0 Å². The number of aromatic nitrogens is 2. The van der Waals surface area contributed by atoms with Gasteiger partial charge in [0.05, 0.1) is 0 Å². The van der Waals surface area contributed by atoms with Crippen molar-refractivity contribution in [3.8, 4) is 0 Å². The van der Waals surface area contributed by atoms with Crippen LogP contribution < -0.4 is 0 Å². The second kappa shape index (κ2) is 6.42. The summed E-state index contributed by atoms with van der Waals surface area (Å²) in [6, 6.07) is 0. The van der Waals surface area contributed by atoms with E-state index in [1.807, 2.05) is 6.26 Å². The van der Waals surface area contributed by atoms with Crippen LogP contribution in [0.5, 0.6) is 0 Å². The normalized spacial score (nSPS) is 10.5. The quantitative estimate of drug-likeness (QED) is 0.746. The third-order valence-corrected chi connectivity index (χ3v) is 6.41. The van der Waals surface area contributed by atoms with Crippen molar-refractivity contribution in [2.45, 2.75) is 15.6 Å². The fourth-order valence-electron chi connectivity index (χ4n) is 0.445. The highest BCUT2D eigenvalue weighted by atomic mass is 33.1. The van der Waals surface area contributed by atoms with Gasteiger partial charge in [0.2, 0.25) is 0 Å². The monoisotopic (exact) mass is 256 g/mol. The molecule has 0 aromatic carbocycles. The average molecular weight is 256 g/mol.